The van der Waals surface area contributed by atoms with Crippen LogP contribution < -0.4 is 9.80 Å². The maximum absolute atomic E-state index is 12.9. The van der Waals surface area contributed by atoms with E-state index in [0.717, 1.165) is 41.8 Å². The summed E-state index contributed by atoms with van der Waals surface area (Å²) in [7, 11) is 0. The largest absolute Gasteiger partial charge is 0.308 e. The highest BCUT2D eigenvalue weighted by Gasteiger charge is 2.39. The SMILES string of the molecule is CCC(C)n1cc(-c2ccc3c(c2)N(C(=O)C2CC2)C[C@H](C)N3C(C)=O)cn1. The first-order valence-electron chi connectivity index (χ1n) is 10.2. The van der Waals surface area contributed by atoms with Crippen LogP contribution >= 0.6 is 0 Å². The van der Waals surface area contributed by atoms with Gasteiger partial charge in [-0.1, -0.05) is 13.0 Å². The molecule has 0 radical (unpaired) electrons. The van der Waals surface area contributed by atoms with Crippen molar-refractivity contribution in [3.63, 3.8) is 0 Å². The van der Waals surface area contributed by atoms with E-state index in [4.69, 9.17) is 0 Å². The van der Waals surface area contributed by atoms with Gasteiger partial charge in [-0.15, -0.1) is 0 Å². The molecule has 2 heterocycles. The monoisotopic (exact) mass is 380 g/mol. The summed E-state index contributed by atoms with van der Waals surface area (Å²) in [6, 6.07) is 6.33. The van der Waals surface area contributed by atoms with Crippen molar-refractivity contribution in [1.82, 2.24) is 9.78 Å². The highest BCUT2D eigenvalue weighted by atomic mass is 16.2. The Kier molecular flexibility index (Phi) is 4.73. The zero-order chi connectivity index (χ0) is 20.0. The standard InChI is InChI=1S/C22H28N4O2/c1-5-14(2)25-13-19(11-23-25)18-8-9-20-21(10-18)24(22(28)17-6-7-17)12-15(3)26(20)16(4)27/h8-11,13-15,17H,5-7,12H2,1-4H3/t14?,15-/m0/s1. The van der Waals surface area contributed by atoms with Crippen molar-refractivity contribution in [2.24, 2.45) is 5.92 Å². The second-order valence-electron chi connectivity index (χ2n) is 8.13. The fourth-order valence-electron chi connectivity index (χ4n) is 3.96. The molecule has 1 fully saturated rings. The van der Waals surface area contributed by atoms with Gasteiger partial charge in [-0.25, -0.2) is 0 Å². The van der Waals surface area contributed by atoms with E-state index in [-0.39, 0.29) is 23.8 Å². The second kappa shape index (κ2) is 7.08. The molecule has 1 aromatic carbocycles. The summed E-state index contributed by atoms with van der Waals surface area (Å²) >= 11 is 0. The second-order valence-corrected chi connectivity index (χ2v) is 8.13. The number of aromatic nitrogens is 2. The van der Waals surface area contributed by atoms with Gasteiger partial charge in [-0.05, 0) is 50.8 Å². The van der Waals surface area contributed by atoms with E-state index in [0.29, 0.717) is 12.6 Å². The lowest BCUT2D eigenvalue weighted by molar-refractivity contribution is -0.120. The van der Waals surface area contributed by atoms with Crippen molar-refractivity contribution in [1.29, 1.82) is 0 Å². The Balaban J connectivity index is 1.76. The number of rotatable bonds is 4. The van der Waals surface area contributed by atoms with Crippen LogP contribution in [-0.4, -0.2) is 34.2 Å². The Morgan fingerprint density at radius 3 is 2.61 bits per heavy atom. The molecular weight excluding hydrogens is 352 g/mol. The van der Waals surface area contributed by atoms with E-state index in [1.807, 2.05) is 40.9 Å². The average molecular weight is 380 g/mol. The van der Waals surface area contributed by atoms with E-state index in [1.165, 1.54) is 0 Å². The van der Waals surface area contributed by atoms with Crippen LogP contribution in [0.15, 0.2) is 30.6 Å². The smallest absolute Gasteiger partial charge is 0.230 e. The Morgan fingerprint density at radius 1 is 1.21 bits per heavy atom. The van der Waals surface area contributed by atoms with E-state index in [9.17, 15) is 9.59 Å². The van der Waals surface area contributed by atoms with Crippen LogP contribution in [0.4, 0.5) is 11.4 Å². The first-order valence-corrected chi connectivity index (χ1v) is 10.2. The normalized spacial score (nSPS) is 20.1. The fraction of sp³-hybridized carbons (Fsp3) is 0.500. The number of nitrogens with zero attached hydrogens (tertiary/aromatic N) is 4. The number of carbonyl (C=O) groups is 2. The molecule has 0 N–H and O–H groups in total. The summed E-state index contributed by atoms with van der Waals surface area (Å²) in [6.45, 7) is 8.41. The zero-order valence-electron chi connectivity index (χ0n) is 17.1. The van der Waals surface area contributed by atoms with Gasteiger partial charge < -0.3 is 9.80 Å². The van der Waals surface area contributed by atoms with Crippen LogP contribution in [0, 0.1) is 5.92 Å². The molecule has 1 aliphatic carbocycles. The molecule has 1 unspecified atom stereocenters. The van der Waals surface area contributed by atoms with Crippen LogP contribution in [0.1, 0.15) is 53.0 Å². The molecule has 2 amide bonds. The molecule has 148 valence electrons. The lowest BCUT2D eigenvalue weighted by atomic mass is 10.0. The van der Waals surface area contributed by atoms with Crippen LogP contribution in [-0.2, 0) is 9.59 Å². The number of anilines is 2. The lowest BCUT2D eigenvalue weighted by Gasteiger charge is -2.41. The number of fused-ring (bicyclic) bond motifs is 1. The molecule has 2 aliphatic rings. The Morgan fingerprint density at radius 2 is 1.96 bits per heavy atom. The van der Waals surface area contributed by atoms with Gasteiger partial charge in [0.15, 0.2) is 0 Å². The van der Waals surface area contributed by atoms with Crippen molar-refractivity contribution >= 4 is 23.2 Å². The van der Waals surface area contributed by atoms with Crippen molar-refractivity contribution in [2.45, 2.75) is 59.0 Å². The Bertz CT molecular complexity index is 915. The number of hydrogen-bond acceptors (Lipinski definition) is 3. The van der Waals surface area contributed by atoms with E-state index < -0.39 is 0 Å². The first kappa shape index (κ1) is 18.7. The van der Waals surface area contributed by atoms with Gasteiger partial charge in [0.1, 0.15) is 0 Å². The van der Waals surface area contributed by atoms with E-state index in [2.05, 4.69) is 25.1 Å². The third kappa shape index (κ3) is 3.21. The molecule has 0 saturated heterocycles. The molecule has 6 nitrogen and oxygen atoms in total. The van der Waals surface area contributed by atoms with E-state index in [1.54, 1.807) is 11.8 Å². The molecule has 2 aromatic rings. The van der Waals surface area contributed by atoms with Crippen LogP contribution in [0.3, 0.4) is 0 Å². The molecule has 0 spiro atoms. The molecule has 28 heavy (non-hydrogen) atoms. The number of benzene rings is 1. The summed E-state index contributed by atoms with van der Waals surface area (Å²) in [5.74, 6) is 0.328. The van der Waals surface area contributed by atoms with Crippen LogP contribution in [0.5, 0.6) is 0 Å². The van der Waals surface area contributed by atoms with Crippen LogP contribution in [0.25, 0.3) is 11.1 Å². The highest BCUT2D eigenvalue weighted by Crippen LogP contribution is 2.42. The van der Waals surface area contributed by atoms with Crippen LogP contribution in [0.2, 0.25) is 0 Å². The van der Waals surface area contributed by atoms with Crippen molar-refractivity contribution in [3.8, 4) is 11.1 Å². The lowest BCUT2D eigenvalue weighted by Crippen LogP contribution is -2.51. The molecule has 1 aliphatic heterocycles. The Labute approximate surface area is 166 Å². The van der Waals surface area contributed by atoms with Gasteiger partial charge in [0.2, 0.25) is 11.8 Å². The summed E-state index contributed by atoms with van der Waals surface area (Å²) in [6.07, 6.45) is 6.88. The van der Waals surface area contributed by atoms with Gasteiger partial charge in [0.05, 0.1) is 23.6 Å². The van der Waals surface area contributed by atoms with Gasteiger partial charge in [0, 0.05) is 37.2 Å². The minimum atomic E-state index is -0.0355. The maximum Gasteiger partial charge on any atom is 0.230 e. The summed E-state index contributed by atoms with van der Waals surface area (Å²) in [5.41, 5.74) is 3.69. The predicted octanol–water partition coefficient (Wildman–Crippen LogP) is 4.02. The number of hydrogen-bond donors (Lipinski definition) is 0. The summed E-state index contributed by atoms with van der Waals surface area (Å²) in [5, 5.41) is 4.49. The zero-order valence-corrected chi connectivity index (χ0v) is 17.1. The summed E-state index contributed by atoms with van der Waals surface area (Å²) in [4.78, 5) is 28.9. The van der Waals surface area contributed by atoms with Gasteiger partial charge in [0.25, 0.3) is 0 Å². The first-order chi connectivity index (χ1) is 13.4. The predicted molar refractivity (Wildman–Crippen MR) is 110 cm³/mol. The number of amides is 2. The highest BCUT2D eigenvalue weighted by molar-refractivity contribution is 6.06. The molecule has 4 rings (SSSR count). The third-order valence-electron chi connectivity index (χ3n) is 5.92. The molecule has 1 saturated carbocycles. The molecule has 1 aromatic heterocycles. The number of carbonyl (C=O) groups excluding carboxylic acids is 2. The topological polar surface area (TPSA) is 58.4 Å². The molecule has 2 atom stereocenters. The summed E-state index contributed by atoms with van der Waals surface area (Å²) < 4.78 is 1.98. The van der Waals surface area contributed by atoms with Gasteiger partial charge in [-0.3, -0.25) is 14.3 Å². The molecular formula is C22H28N4O2. The quantitative estimate of drug-likeness (QED) is 0.805. The van der Waals surface area contributed by atoms with Gasteiger partial charge in [-0.2, -0.15) is 5.10 Å². The van der Waals surface area contributed by atoms with Crippen molar-refractivity contribution in [3.05, 3.63) is 30.6 Å². The molecule has 6 heteroatoms. The fourth-order valence-corrected chi connectivity index (χ4v) is 3.96. The third-order valence-corrected chi connectivity index (χ3v) is 5.92. The maximum atomic E-state index is 12.9. The average Bonchev–Trinajstić information content (AvgIpc) is 3.42. The van der Waals surface area contributed by atoms with Crippen molar-refractivity contribution in [2.75, 3.05) is 16.3 Å². The van der Waals surface area contributed by atoms with Crippen molar-refractivity contribution < 1.29 is 9.59 Å². The van der Waals surface area contributed by atoms with E-state index >= 15 is 0 Å². The Hall–Kier alpha value is -2.63. The minimum Gasteiger partial charge on any atom is -0.308 e. The molecule has 0 bridgehead atoms. The van der Waals surface area contributed by atoms with Gasteiger partial charge >= 0.3 is 0 Å². The minimum absolute atomic E-state index is 0.00427.